The van der Waals surface area contributed by atoms with Crippen LogP contribution in [0.1, 0.15) is 44.1 Å². The third-order valence-corrected chi connectivity index (χ3v) is 3.92. The van der Waals surface area contributed by atoms with Gasteiger partial charge in [0.05, 0.1) is 24.2 Å². The number of ether oxygens (including phenoxy) is 1. The molecule has 1 saturated heterocycles. The lowest BCUT2D eigenvalue weighted by Gasteiger charge is -2.29. The molecule has 1 fully saturated rings. The van der Waals surface area contributed by atoms with Crippen molar-refractivity contribution in [1.29, 1.82) is 0 Å². The van der Waals surface area contributed by atoms with Gasteiger partial charge in [0, 0.05) is 32.7 Å². The lowest BCUT2D eigenvalue weighted by atomic mass is 10.0. The van der Waals surface area contributed by atoms with Gasteiger partial charge in [0.2, 0.25) is 0 Å². The van der Waals surface area contributed by atoms with Crippen molar-refractivity contribution in [3.63, 3.8) is 0 Å². The first-order chi connectivity index (χ1) is 10.1. The standard InChI is InChI=1S/C16H28N4O/c1-12(2)16-18-9-15(14(19-16)8-17-3)20(4)10-13-6-5-7-21-11-13/h9,12-13,17H,5-8,10-11H2,1-4H3. The van der Waals surface area contributed by atoms with Gasteiger partial charge in [-0.05, 0) is 25.8 Å². The van der Waals surface area contributed by atoms with Crippen LogP contribution >= 0.6 is 0 Å². The fraction of sp³-hybridized carbons (Fsp3) is 0.750. The number of rotatable bonds is 6. The van der Waals surface area contributed by atoms with Crippen LogP contribution in [-0.4, -0.2) is 43.8 Å². The van der Waals surface area contributed by atoms with Crippen molar-refractivity contribution in [3.8, 4) is 0 Å². The molecule has 0 amide bonds. The summed E-state index contributed by atoms with van der Waals surface area (Å²) in [6.07, 6.45) is 4.39. The monoisotopic (exact) mass is 292 g/mol. The molecule has 2 heterocycles. The number of hydrogen-bond donors (Lipinski definition) is 1. The van der Waals surface area contributed by atoms with Crippen LogP contribution in [0, 0.1) is 5.92 Å². The minimum absolute atomic E-state index is 0.353. The van der Waals surface area contributed by atoms with E-state index in [0.29, 0.717) is 11.8 Å². The zero-order chi connectivity index (χ0) is 15.2. The Balaban J connectivity index is 2.12. The molecule has 0 aliphatic carbocycles. The van der Waals surface area contributed by atoms with Gasteiger partial charge in [-0.15, -0.1) is 0 Å². The molecule has 5 heteroatoms. The van der Waals surface area contributed by atoms with Gasteiger partial charge in [-0.25, -0.2) is 9.97 Å². The van der Waals surface area contributed by atoms with Crippen molar-refractivity contribution < 1.29 is 4.74 Å². The molecule has 1 unspecified atom stereocenters. The molecule has 5 nitrogen and oxygen atoms in total. The minimum Gasteiger partial charge on any atom is -0.381 e. The maximum atomic E-state index is 5.58. The summed E-state index contributed by atoms with van der Waals surface area (Å²) in [5, 5.41) is 3.21. The SMILES string of the molecule is CNCc1nc(C(C)C)ncc1N(C)CC1CCCOC1. The molecule has 0 radical (unpaired) electrons. The first kappa shape index (κ1) is 16.2. The molecule has 1 aliphatic heterocycles. The van der Waals surface area contributed by atoms with Gasteiger partial charge < -0.3 is 15.0 Å². The highest BCUT2D eigenvalue weighted by Crippen LogP contribution is 2.22. The quantitative estimate of drug-likeness (QED) is 0.871. The number of anilines is 1. The van der Waals surface area contributed by atoms with E-state index in [1.807, 2.05) is 13.2 Å². The summed E-state index contributed by atoms with van der Waals surface area (Å²) >= 11 is 0. The fourth-order valence-corrected chi connectivity index (χ4v) is 2.76. The third-order valence-electron chi connectivity index (χ3n) is 3.92. The van der Waals surface area contributed by atoms with Crippen molar-refractivity contribution in [2.45, 2.75) is 39.2 Å². The fourth-order valence-electron chi connectivity index (χ4n) is 2.76. The first-order valence-electron chi connectivity index (χ1n) is 7.91. The van der Waals surface area contributed by atoms with Crippen molar-refractivity contribution in [3.05, 3.63) is 17.7 Å². The normalized spacial score (nSPS) is 19.0. The van der Waals surface area contributed by atoms with Gasteiger partial charge in [-0.3, -0.25) is 0 Å². The summed E-state index contributed by atoms with van der Waals surface area (Å²) in [7, 11) is 4.08. The maximum absolute atomic E-state index is 5.58. The van der Waals surface area contributed by atoms with Gasteiger partial charge in [0.1, 0.15) is 5.82 Å². The number of nitrogens with zero attached hydrogens (tertiary/aromatic N) is 3. The lowest BCUT2D eigenvalue weighted by Crippen LogP contribution is -2.32. The summed E-state index contributed by atoms with van der Waals surface area (Å²) in [5.74, 6) is 1.88. The highest BCUT2D eigenvalue weighted by molar-refractivity contribution is 5.48. The average Bonchev–Trinajstić information content (AvgIpc) is 2.48. The Morgan fingerprint density at radius 2 is 2.29 bits per heavy atom. The molecule has 21 heavy (non-hydrogen) atoms. The summed E-state index contributed by atoms with van der Waals surface area (Å²) in [5.41, 5.74) is 2.20. The Kier molecular flexibility index (Phi) is 5.94. The second-order valence-electron chi connectivity index (χ2n) is 6.21. The van der Waals surface area contributed by atoms with Gasteiger partial charge >= 0.3 is 0 Å². The summed E-state index contributed by atoms with van der Waals surface area (Å²) in [6.45, 7) is 7.81. The summed E-state index contributed by atoms with van der Waals surface area (Å²) in [6, 6.07) is 0. The topological polar surface area (TPSA) is 50.3 Å². The van der Waals surface area contributed by atoms with Crippen molar-refractivity contribution >= 4 is 5.69 Å². The van der Waals surface area contributed by atoms with E-state index < -0.39 is 0 Å². The molecule has 1 N–H and O–H groups in total. The molecule has 1 atom stereocenters. The Morgan fingerprint density at radius 3 is 2.90 bits per heavy atom. The zero-order valence-corrected chi connectivity index (χ0v) is 13.7. The smallest absolute Gasteiger partial charge is 0.131 e. The number of nitrogens with one attached hydrogen (secondary N) is 1. The Hall–Kier alpha value is -1.20. The first-order valence-corrected chi connectivity index (χ1v) is 7.91. The number of hydrogen-bond acceptors (Lipinski definition) is 5. The molecule has 2 rings (SSSR count). The molecule has 0 spiro atoms. The van der Waals surface area contributed by atoms with Crippen LogP contribution in [0.5, 0.6) is 0 Å². The van der Waals surface area contributed by atoms with E-state index in [2.05, 4.69) is 36.1 Å². The van der Waals surface area contributed by atoms with E-state index in [1.165, 1.54) is 12.8 Å². The lowest BCUT2D eigenvalue weighted by molar-refractivity contribution is 0.0576. The van der Waals surface area contributed by atoms with Crippen molar-refractivity contribution in [2.24, 2.45) is 5.92 Å². The molecular weight excluding hydrogens is 264 g/mol. The number of aromatic nitrogens is 2. The van der Waals surface area contributed by atoms with E-state index in [9.17, 15) is 0 Å². The summed E-state index contributed by atoms with van der Waals surface area (Å²) in [4.78, 5) is 11.5. The maximum Gasteiger partial charge on any atom is 0.131 e. The second kappa shape index (κ2) is 7.71. The van der Waals surface area contributed by atoms with Crippen LogP contribution in [0.25, 0.3) is 0 Å². The predicted molar refractivity (Wildman–Crippen MR) is 85.7 cm³/mol. The van der Waals surface area contributed by atoms with Crippen LogP contribution in [0.4, 0.5) is 5.69 Å². The van der Waals surface area contributed by atoms with Crippen molar-refractivity contribution in [2.75, 3.05) is 38.8 Å². The van der Waals surface area contributed by atoms with Gasteiger partial charge in [0.25, 0.3) is 0 Å². The minimum atomic E-state index is 0.353. The predicted octanol–water partition coefficient (Wildman–Crippen LogP) is 2.18. The van der Waals surface area contributed by atoms with Gasteiger partial charge in [-0.1, -0.05) is 13.8 Å². The molecule has 1 aromatic rings. The molecule has 118 valence electrons. The Labute approximate surface area is 128 Å². The van der Waals surface area contributed by atoms with Crippen LogP contribution in [0.2, 0.25) is 0 Å². The highest BCUT2D eigenvalue weighted by atomic mass is 16.5. The van der Waals surface area contributed by atoms with E-state index in [-0.39, 0.29) is 0 Å². The van der Waals surface area contributed by atoms with E-state index in [1.54, 1.807) is 0 Å². The third kappa shape index (κ3) is 4.38. The van der Waals surface area contributed by atoms with Crippen molar-refractivity contribution in [1.82, 2.24) is 15.3 Å². The van der Waals surface area contributed by atoms with Crippen LogP contribution in [-0.2, 0) is 11.3 Å². The molecule has 0 bridgehead atoms. The van der Waals surface area contributed by atoms with E-state index in [0.717, 1.165) is 43.5 Å². The molecule has 1 aliphatic rings. The van der Waals surface area contributed by atoms with Crippen LogP contribution < -0.4 is 10.2 Å². The van der Waals surface area contributed by atoms with E-state index in [4.69, 9.17) is 9.72 Å². The van der Waals surface area contributed by atoms with E-state index >= 15 is 0 Å². The molecular formula is C16H28N4O. The Morgan fingerprint density at radius 1 is 1.48 bits per heavy atom. The average molecular weight is 292 g/mol. The van der Waals surface area contributed by atoms with Crippen LogP contribution in [0.3, 0.4) is 0 Å². The Bertz CT molecular complexity index is 444. The van der Waals surface area contributed by atoms with Gasteiger partial charge in [0.15, 0.2) is 0 Å². The highest BCUT2D eigenvalue weighted by Gasteiger charge is 2.19. The molecule has 0 aromatic carbocycles. The summed E-state index contributed by atoms with van der Waals surface area (Å²) < 4.78 is 5.58. The largest absolute Gasteiger partial charge is 0.381 e. The molecule has 1 aromatic heterocycles. The zero-order valence-electron chi connectivity index (χ0n) is 13.7. The van der Waals surface area contributed by atoms with Gasteiger partial charge in [-0.2, -0.15) is 0 Å². The molecule has 0 saturated carbocycles. The van der Waals surface area contributed by atoms with Crippen LogP contribution in [0.15, 0.2) is 6.20 Å². The second-order valence-corrected chi connectivity index (χ2v) is 6.21.